The zero-order valence-electron chi connectivity index (χ0n) is 16.2. The third-order valence-electron chi connectivity index (χ3n) is 5.08. The second kappa shape index (κ2) is 7.16. The first-order valence-electron chi connectivity index (χ1n) is 9.13. The minimum absolute atomic E-state index is 0.000785. The Morgan fingerprint density at radius 1 is 1.43 bits per heavy atom. The van der Waals surface area contributed by atoms with E-state index in [1.165, 1.54) is 4.90 Å². The van der Waals surface area contributed by atoms with Crippen LogP contribution in [0.2, 0.25) is 0 Å². The van der Waals surface area contributed by atoms with Gasteiger partial charge < -0.3 is 20.5 Å². The van der Waals surface area contributed by atoms with E-state index in [9.17, 15) is 18.3 Å². The molecule has 0 radical (unpaired) electrons. The zero-order valence-corrected chi connectivity index (χ0v) is 17.0. The van der Waals surface area contributed by atoms with Crippen LogP contribution < -0.4 is 15.2 Å². The Morgan fingerprint density at radius 3 is 2.79 bits per heavy atom. The van der Waals surface area contributed by atoms with Gasteiger partial charge in [0.25, 0.3) is 0 Å². The molecule has 1 aromatic rings. The number of nitrogens with zero attached hydrogens (tertiary/aromatic N) is 2. The largest absolute Gasteiger partial charge is 0.492 e. The molecule has 0 aliphatic carbocycles. The lowest BCUT2D eigenvalue weighted by molar-refractivity contribution is 0.00675. The number of nitrogens with two attached hydrogens (primary N) is 1. The molecule has 2 atom stereocenters. The van der Waals surface area contributed by atoms with E-state index < -0.39 is 16.3 Å². The predicted octanol–water partition coefficient (Wildman–Crippen LogP) is 2.25. The van der Waals surface area contributed by atoms with Crippen LogP contribution in [0.15, 0.2) is 22.6 Å². The number of carboxylic acid groups (broad SMARTS) is 1. The quantitative estimate of drug-likeness (QED) is 0.699. The maximum Gasteiger partial charge on any atom is 0.407 e. The number of likely N-dealkylation sites (tertiary alicyclic amines) is 1. The minimum atomic E-state index is -3.86. The molecule has 4 N–H and O–H groups in total. The molecule has 0 spiro atoms. The van der Waals surface area contributed by atoms with E-state index >= 15 is 0 Å². The van der Waals surface area contributed by atoms with Gasteiger partial charge in [0.2, 0.25) is 0 Å². The fraction of sp³-hybridized carbons (Fsp3) is 0.556. The van der Waals surface area contributed by atoms with E-state index in [-0.39, 0.29) is 23.2 Å². The molecular formula is C18H26N4O5S. The molecule has 10 heteroatoms. The molecule has 1 aromatic carbocycles. The van der Waals surface area contributed by atoms with Gasteiger partial charge >= 0.3 is 16.3 Å². The van der Waals surface area contributed by atoms with Crippen molar-refractivity contribution in [3.8, 4) is 5.75 Å². The highest BCUT2D eigenvalue weighted by atomic mass is 32.2. The van der Waals surface area contributed by atoms with Crippen LogP contribution in [0.4, 0.5) is 10.5 Å². The number of nitrogens with one attached hydrogen (secondary N) is 1. The monoisotopic (exact) mass is 410 g/mol. The number of rotatable bonds is 3. The summed E-state index contributed by atoms with van der Waals surface area (Å²) in [6, 6.07) is 4.76. The summed E-state index contributed by atoms with van der Waals surface area (Å²) in [5.74, 6) is 0.285. The number of fused-ring (bicyclic) bond motifs is 1. The molecular weight excluding hydrogens is 384 g/mol. The van der Waals surface area contributed by atoms with Crippen molar-refractivity contribution in [2.24, 2.45) is 21.5 Å². The highest BCUT2D eigenvalue weighted by Crippen LogP contribution is 2.37. The number of anilines is 1. The molecule has 2 aliphatic rings. The van der Waals surface area contributed by atoms with Gasteiger partial charge in [0.05, 0.1) is 17.9 Å². The number of ether oxygens (including phenoxy) is 1. The second-order valence-corrected chi connectivity index (χ2v) is 9.57. The van der Waals surface area contributed by atoms with Crippen molar-refractivity contribution in [2.75, 3.05) is 17.9 Å². The molecule has 1 fully saturated rings. The van der Waals surface area contributed by atoms with E-state index in [4.69, 9.17) is 10.5 Å². The number of amidine groups is 1. The fourth-order valence-corrected chi connectivity index (χ4v) is 5.02. The van der Waals surface area contributed by atoms with Crippen LogP contribution in [-0.2, 0) is 10.2 Å². The molecule has 1 unspecified atom stereocenters. The van der Waals surface area contributed by atoms with Crippen LogP contribution in [0.1, 0.15) is 39.2 Å². The summed E-state index contributed by atoms with van der Waals surface area (Å²) in [7, 11) is -3.86. The van der Waals surface area contributed by atoms with Gasteiger partial charge in [-0.05, 0) is 30.4 Å². The molecule has 2 heterocycles. The smallest absolute Gasteiger partial charge is 0.407 e. The second-order valence-electron chi connectivity index (χ2n) is 8.23. The van der Waals surface area contributed by atoms with Crippen molar-refractivity contribution in [2.45, 2.75) is 39.7 Å². The summed E-state index contributed by atoms with van der Waals surface area (Å²) in [5.41, 5.74) is 6.32. The lowest BCUT2D eigenvalue weighted by Crippen LogP contribution is -2.55. The van der Waals surface area contributed by atoms with Gasteiger partial charge in [0.15, 0.2) is 5.84 Å². The molecule has 1 saturated heterocycles. The average Bonchev–Trinajstić information content (AvgIpc) is 2.57. The van der Waals surface area contributed by atoms with Crippen LogP contribution in [-0.4, -0.2) is 49.5 Å². The Hall–Kier alpha value is -2.49. The fourth-order valence-electron chi connectivity index (χ4n) is 4.17. The van der Waals surface area contributed by atoms with Gasteiger partial charge in [-0.1, -0.05) is 26.8 Å². The molecule has 2 aliphatic heterocycles. The molecule has 154 valence electrons. The van der Waals surface area contributed by atoms with Gasteiger partial charge in [-0.25, -0.2) is 4.79 Å². The number of hydrogen-bond donors (Lipinski definition) is 3. The SMILES string of the molecule is CC(C)(C)[C@@H]1C(COc2cccc3c2C(N)=NS(=O)(=O)N3)CCCN1C(=O)O. The summed E-state index contributed by atoms with van der Waals surface area (Å²) < 4.78 is 35.3. The first-order chi connectivity index (χ1) is 13.0. The first-order valence-corrected chi connectivity index (χ1v) is 10.6. The van der Waals surface area contributed by atoms with E-state index in [1.807, 2.05) is 20.8 Å². The third kappa shape index (κ3) is 4.01. The standard InChI is InChI=1S/C18H26N4O5S/c1-18(2,3)15-11(6-5-9-22(15)17(23)24)10-27-13-8-4-7-12-14(13)16(19)21-28(25,26)20-12/h4,7-8,11,15,20H,5-6,9-10H2,1-3H3,(H2,19,21)(H,23,24)/t11?,15-/m0/s1. The van der Waals surface area contributed by atoms with Crippen LogP contribution in [0, 0.1) is 11.3 Å². The Bertz CT molecular complexity index is 907. The highest BCUT2D eigenvalue weighted by molar-refractivity contribution is 7.91. The molecule has 3 rings (SSSR count). The van der Waals surface area contributed by atoms with Crippen molar-refractivity contribution in [1.29, 1.82) is 0 Å². The van der Waals surface area contributed by atoms with Crippen LogP contribution in [0.25, 0.3) is 0 Å². The van der Waals surface area contributed by atoms with Crippen LogP contribution in [0.3, 0.4) is 0 Å². The molecule has 9 nitrogen and oxygen atoms in total. The number of carbonyl (C=O) groups is 1. The predicted molar refractivity (Wildman–Crippen MR) is 106 cm³/mol. The number of benzene rings is 1. The lowest BCUT2D eigenvalue weighted by atomic mass is 9.74. The first kappa shape index (κ1) is 20.2. The van der Waals surface area contributed by atoms with Gasteiger partial charge in [-0.15, -0.1) is 4.40 Å². The van der Waals surface area contributed by atoms with Gasteiger partial charge in [0, 0.05) is 18.5 Å². The zero-order chi connectivity index (χ0) is 20.7. The van der Waals surface area contributed by atoms with Gasteiger partial charge in [0.1, 0.15) is 5.75 Å². The van der Waals surface area contributed by atoms with E-state index in [1.54, 1.807) is 18.2 Å². The van der Waals surface area contributed by atoms with Crippen LogP contribution in [0.5, 0.6) is 5.75 Å². The summed E-state index contributed by atoms with van der Waals surface area (Å²) in [6.07, 6.45) is 0.688. The van der Waals surface area contributed by atoms with Gasteiger partial charge in [-0.2, -0.15) is 8.42 Å². The van der Waals surface area contributed by atoms with Gasteiger partial charge in [-0.3, -0.25) is 4.72 Å². The Morgan fingerprint density at radius 2 is 2.14 bits per heavy atom. The Kier molecular flexibility index (Phi) is 5.18. The van der Waals surface area contributed by atoms with Crippen molar-refractivity contribution < 1.29 is 23.1 Å². The lowest BCUT2D eigenvalue weighted by Gasteiger charge is -2.46. The molecule has 0 saturated carbocycles. The van der Waals surface area contributed by atoms with Crippen molar-refractivity contribution in [3.05, 3.63) is 23.8 Å². The normalized spacial score (nSPS) is 24.0. The third-order valence-corrected chi connectivity index (χ3v) is 6.00. The summed E-state index contributed by atoms with van der Waals surface area (Å²) in [4.78, 5) is 13.2. The summed E-state index contributed by atoms with van der Waals surface area (Å²) >= 11 is 0. The highest BCUT2D eigenvalue weighted by Gasteiger charge is 2.42. The molecule has 0 aromatic heterocycles. The van der Waals surface area contributed by atoms with Crippen molar-refractivity contribution in [3.63, 3.8) is 0 Å². The summed E-state index contributed by atoms with van der Waals surface area (Å²) in [6.45, 7) is 6.87. The Labute approximate surface area is 164 Å². The number of hydrogen-bond acceptors (Lipinski definition) is 5. The molecule has 28 heavy (non-hydrogen) atoms. The van der Waals surface area contributed by atoms with Crippen LogP contribution >= 0.6 is 0 Å². The number of piperidine rings is 1. The molecule has 0 bridgehead atoms. The van der Waals surface area contributed by atoms with Crippen molar-refractivity contribution >= 4 is 27.8 Å². The van der Waals surface area contributed by atoms with E-state index in [0.29, 0.717) is 30.2 Å². The minimum Gasteiger partial charge on any atom is -0.492 e. The van der Waals surface area contributed by atoms with E-state index in [0.717, 1.165) is 12.8 Å². The summed E-state index contributed by atoms with van der Waals surface area (Å²) in [5, 5.41) is 9.60. The van der Waals surface area contributed by atoms with E-state index in [2.05, 4.69) is 9.12 Å². The molecule has 1 amide bonds. The maximum atomic E-state index is 11.7. The topological polar surface area (TPSA) is 134 Å². The number of amides is 1. The van der Waals surface area contributed by atoms with Crippen molar-refractivity contribution in [1.82, 2.24) is 4.90 Å². The maximum absolute atomic E-state index is 11.7. The average molecular weight is 410 g/mol. The Balaban J connectivity index is 1.85.